The number of hydrogen-bond acceptors (Lipinski definition) is 2. The average Bonchev–Trinajstić information content (AvgIpc) is 3.68. The Kier molecular flexibility index (Phi) is 4.15. The fraction of sp³-hybridized carbons (Fsp3) is 0. The van der Waals surface area contributed by atoms with Gasteiger partial charge in [0.05, 0.1) is 6.26 Å². The number of fused-ring (bicyclic) bond motifs is 11. The lowest BCUT2D eigenvalue weighted by molar-refractivity contribution is 0.617. The van der Waals surface area contributed by atoms with E-state index in [1.54, 1.807) is 0 Å². The van der Waals surface area contributed by atoms with E-state index in [1.807, 2.05) is 6.26 Å². The first-order valence-corrected chi connectivity index (χ1v) is 15.2. The van der Waals surface area contributed by atoms with Crippen LogP contribution < -0.4 is 15.8 Å². The lowest BCUT2D eigenvalue weighted by Crippen LogP contribution is -2.56. The standard InChI is InChI=1S/C40H23BN2O/c1-2-9-25-20-29(17-16-24(25)8-1)42-35-22-27-11-4-3-10-26(27)21-33(35)41-38-36(42)23-28-18-19-44-40(28)37(38)32-14-7-13-31-30-12-5-6-15-34(30)43(41)39(31)32/h1-23H. The van der Waals surface area contributed by atoms with E-state index in [9.17, 15) is 0 Å². The first-order valence-electron chi connectivity index (χ1n) is 15.2. The molecule has 2 aliphatic heterocycles. The molecule has 9 aromatic rings. The molecule has 3 nitrogen and oxygen atoms in total. The SMILES string of the molecule is c1ccc2cc(N3c4cc5ccccc5cc4B4c5c3cc3ccoc3c5-c3cccc5c6ccccc6n4c35)ccc2c1. The molecule has 2 aliphatic rings. The molecule has 44 heavy (non-hydrogen) atoms. The minimum absolute atomic E-state index is 0.0110. The topological polar surface area (TPSA) is 21.3 Å². The van der Waals surface area contributed by atoms with E-state index in [-0.39, 0.29) is 6.85 Å². The van der Waals surface area contributed by atoms with Gasteiger partial charge in [-0.25, -0.2) is 0 Å². The van der Waals surface area contributed by atoms with Gasteiger partial charge in [-0.2, -0.15) is 0 Å². The Balaban J connectivity index is 1.36. The average molecular weight is 558 g/mol. The van der Waals surface area contributed by atoms with Gasteiger partial charge in [0.2, 0.25) is 0 Å². The molecule has 0 amide bonds. The summed E-state index contributed by atoms with van der Waals surface area (Å²) in [7, 11) is 0. The van der Waals surface area contributed by atoms with E-state index < -0.39 is 0 Å². The highest BCUT2D eigenvalue weighted by molar-refractivity contribution is 6.90. The zero-order valence-corrected chi connectivity index (χ0v) is 23.7. The van der Waals surface area contributed by atoms with E-state index in [2.05, 4.69) is 143 Å². The quantitative estimate of drug-likeness (QED) is 0.187. The second kappa shape index (κ2) is 8.00. The van der Waals surface area contributed by atoms with Crippen molar-refractivity contribution in [1.29, 1.82) is 0 Å². The summed E-state index contributed by atoms with van der Waals surface area (Å²) in [5.74, 6) is 0. The van der Waals surface area contributed by atoms with Crippen LogP contribution in [-0.4, -0.2) is 11.3 Å². The molecule has 0 aliphatic carbocycles. The van der Waals surface area contributed by atoms with Crippen LogP contribution in [0.4, 0.5) is 17.1 Å². The summed E-state index contributed by atoms with van der Waals surface area (Å²) in [6.45, 7) is -0.0110. The Bertz CT molecular complexity index is 2700. The van der Waals surface area contributed by atoms with Gasteiger partial charge in [0.15, 0.2) is 0 Å². The maximum atomic E-state index is 6.34. The van der Waals surface area contributed by atoms with Crippen LogP contribution in [0.25, 0.3) is 65.4 Å². The fourth-order valence-corrected chi connectivity index (χ4v) is 8.17. The summed E-state index contributed by atoms with van der Waals surface area (Å²) >= 11 is 0. The molecule has 2 aromatic heterocycles. The zero-order chi connectivity index (χ0) is 28.5. The molecule has 0 N–H and O–H groups in total. The van der Waals surface area contributed by atoms with Gasteiger partial charge in [-0.05, 0) is 68.9 Å². The van der Waals surface area contributed by atoms with Gasteiger partial charge < -0.3 is 13.8 Å². The van der Waals surface area contributed by atoms with Crippen LogP contribution in [0.5, 0.6) is 0 Å². The van der Waals surface area contributed by atoms with E-state index >= 15 is 0 Å². The summed E-state index contributed by atoms with van der Waals surface area (Å²) in [6.07, 6.45) is 1.84. The van der Waals surface area contributed by atoms with E-state index in [1.165, 1.54) is 76.8 Å². The second-order valence-electron chi connectivity index (χ2n) is 12.1. The number of hydrogen-bond donors (Lipinski definition) is 0. The van der Waals surface area contributed by atoms with Crippen LogP contribution in [0.1, 0.15) is 0 Å². The van der Waals surface area contributed by atoms with Crippen molar-refractivity contribution in [3.63, 3.8) is 0 Å². The Labute approximate surface area is 253 Å². The molecule has 0 saturated heterocycles. The van der Waals surface area contributed by atoms with Gasteiger partial charge in [-0.15, -0.1) is 0 Å². The third-order valence-corrected chi connectivity index (χ3v) is 9.95. The third kappa shape index (κ3) is 2.74. The number of rotatable bonds is 1. The third-order valence-electron chi connectivity index (χ3n) is 9.95. The number of para-hydroxylation sites is 2. The molecule has 0 spiro atoms. The van der Waals surface area contributed by atoms with E-state index in [4.69, 9.17) is 4.42 Å². The van der Waals surface area contributed by atoms with Gasteiger partial charge in [0.1, 0.15) is 5.58 Å². The predicted octanol–water partition coefficient (Wildman–Crippen LogP) is 9.26. The van der Waals surface area contributed by atoms with E-state index in [0.717, 1.165) is 16.7 Å². The minimum atomic E-state index is -0.0110. The lowest BCUT2D eigenvalue weighted by Gasteiger charge is -2.40. The first kappa shape index (κ1) is 22.8. The van der Waals surface area contributed by atoms with E-state index in [0.29, 0.717) is 0 Å². The lowest BCUT2D eigenvalue weighted by atomic mass is 9.45. The largest absolute Gasteiger partial charge is 0.464 e. The summed E-state index contributed by atoms with van der Waals surface area (Å²) in [5.41, 5.74) is 12.1. The Morgan fingerprint density at radius 3 is 2.16 bits per heavy atom. The first-order chi connectivity index (χ1) is 21.8. The summed E-state index contributed by atoms with van der Waals surface area (Å²) in [4.78, 5) is 2.49. The summed E-state index contributed by atoms with van der Waals surface area (Å²) < 4.78 is 8.94. The predicted molar refractivity (Wildman–Crippen MR) is 185 cm³/mol. The van der Waals surface area contributed by atoms with Crippen LogP contribution >= 0.6 is 0 Å². The molecule has 0 bridgehead atoms. The highest BCUT2D eigenvalue weighted by Crippen LogP contribution is 2.48. The van der Waals surface area contributed by atoms with Crippen molar-refractivity contribution in [2.24, 2.45) is 0 Å². The number of nitrogens with zero attached hydrogens (tertiary/aromatic N) is 2. The van der Waals surface area contributed by atoms with Gasteiger partial charge >= 0.3 is 6.85 Å². The number of aromatic nitrogens is 1. The molecule has 0 unspecified atom stereocenters. The normalized spacial score (nSPS) is 13.4. The Morgan fingerprint density at radius 2 is 1.27 bits per heavy atom. The minimum Gasteiger partial charge on any atom is -0.464 e. The smallest absolute Gasteiger partial charge is 0.333 e. The van der Waals surface area contributed by atoms with Crippen LogP contribution in [0.3, 0.4) is 0 Å². The molecule has 0 saturated carbocycles. The van der Waals surface area contributed by atoms with Crippen molar-refractivity contribution in [2.75, 3.05) is 4.90 Å². The van der Waals surface area contributed by atoms with Crippen LogP contribution in [-0.2, 0) is 0 Å². The van der Waals surface area contributed by atoms with Crippen molar-refractivity contribution >= 4 is 89.2 Å². The maximum Gasteiger partial charge on any atom is 0.333 e. The Morgan fingerprint density at radius 1 is 0.545 bits per heavy atom. The summed E-state index contributed by atoms with van der Waals surface area (Å²) in [5, 5.41) is 8.66. The molecular weight excluding hydrogens is 535 g/mol. The zero-order valence-electron chi connectivity index (χ0n) is 23.7. The molecule has 7 aromatic carbocycles. The van der Waals surface area contributed by atoms with Crippen molar-refractivity contribution in [1.82, 2.24) is 4.48 Å². The highest BCUT2D eigenvalue weighted by atomic mass is 16.3. The number of anilines is 3. The molecule has 4 heteroatoms. The summed E-state index contributed by atoms with van der Waals surface area (Å²) in [6, 6.07) is 49.1. The molecule has 202 valence electrons. The monoisotopic (exact) mass is 558 g/mol. The van der Waals surface area contributed by atoms with Crippen molar-refractivity contribution in [2.45, 2.75) is 0 Å². The molecule has 0 radical (unpaired) electrons. The van der Waals surface area contributed by atoms with Crippen molar-refractivity contribution in [3.8, 4) is 11.1 Å². The van der Waals surface area contributed by atoms with Crippen molar-refractivity contribution < 1.29 is 4.42 Å². The molecule has 4 heterocycles. The van der Waals surface area contributed by atoms with Gasteiger partial charge in [0.25, 0.3) is 0 Å². The maximum absolute atomic E-state index is 6.34. The number of furan rings is 1. The Hall–Kier alpha value is -5.74. The molecule has 11 rings (SSSR count). The molecule has 0 fully saturated rings. The van der Waals surface area contributed by atoms with Crippen LogP contribution in [0.15, 0.2) is 144 Å². The van der Waals surface area contributed by atoms with Crippen LogP contribution in [0, 0.1) is 0 Å². The fourth-order valence-electron chi connectivity index (χ4n) is 8.17. The van der Waals surface area contributed by atoms with Gasteiger partial charge in [0, 0.05) is 55.4 Å². The van der Waals surface area contributed by atoms with Gasteiger partial charge in [-0.3, -0.25) is 0 Å². The van der Waals surface area contributed by atoms with Crippen molar-refractivity contribution in [3.05, 3.63) is 140 Å². The van der Waals surface area contributed by atoms with Gasteiger partial charge in [-0.1, -0.05) is 97.1 Å². The van der Waals surface area contributed by atoms with Crippen LogP contribution in [0.2, 0.25) is 0 Å². The second-order valence-corrected chi connectivity index (χ2v) is 12.1. The molecule has 0 atom stereocenters. The molecular formula is C40H23BN2O. The number of benzene rings is 7. The highest BCUT2D eigenvalue weighted by Gasteiger charge is 2.44.